The van der Waals surface area contributed by atoms with Gasteiger partial charge in [0.05, 0.1) is 24.8 Å². The number of methoxy groups -OCH3 is 1. The Balaban J connectivity index is 2.00. The lowest BCUT2D eigenvalue weighted by Crippen LogP contribution is -2.42. The quantitative estimate of drug-likeness (QED) is 0.670. The number of para-hydroxylation sites is 1. The minimum atomic E-state index is -1.88. The summed E-state index contributed by atoms with van der Waals surface area (Å²) in [7, 11) is 1.49. The molecule has 1 N–H and O–H groups in total. The molecule has 5 nitrogen and oxygen atoms in total. The predicted octanol–water partition coefficient (Wildman–Crippen LogP) is 4.07. The van der Waals surface area contributed by atoms with E-state index in [1.165, 1.54) is 7.11 Å². The zero-order chi connectivity index (χ0) is 19.6. The number of carbonyl (C=O) groups excluding carboxylic acids is 2. The number of hydrogen-bond acceptors (Lipinski definition) is 4. The second kappa shape index (κ2) is 7.82. The summed E-state index contributed by atoms with van der Waals surface area (Å²) in [5.74, 6) is -0.368. The van der Waals surface area contributed by atoms with E-state index in [-0.39, 0.29) is 12.2 Å². The predicted molar refractivity (Wildman–Crippen MR) is 107 cm³/mol. The maximum absolute atomic E-state index is 13.1. The first-order chi connectivity index (χ1) is 12.9. The van der Waals surface area contributed by atoms with Crippen LogP contribution in [0.5, 0.6) is 5.75 Å². The molecule has 142 valence electrons. The molecule has 1 heterocycles. The lowest BCUT2D eigenvalue weighted by Gasteiger charge is -2.23. The Morgan fingerprint density at radius 1 is 1.26 bits per heavy atom. The van der Waals surface area contributed by atoms with Crippen LogP contribution in [-0.2, 0) is 10.4 Å². The average Bonchev–Trinajstić information content (AvgIpc) is 2.87. The van der Waals surface area contributed by atoms with Crippen molar-refractivity contribution in [1.82, 2.24) is 0 Å². The lowest BCUT2D eigenvalue weighted by molar-refractivity contribution is -0.135. The highest BCUT2D eigenvalue weighted by atomic mass is 79.9. The van der Waals surface area contributed by atoms with Crippen molar-refractivity contribution in [3.8, 4) is 5.75 Å². The molecule has 1 aliphatic heterocycles. The number of ether oxygens (including phenoxy) is 1. The van der Waals surface area contributed by atoms with E-state index in [2.05, 4.69) is 15.9 Å². The lowest BCUT2D eigenvalue weighted by atomic mass is 9.88. The molecule has 0 radical (unpaired) electrons. The van der Waals surface area contributed by atoms with Crippen molar-refractivity contribution in [2.24, 2.45) is 0 Å². The fourth-order valence-electron chi connectivity index (χ4n) is 3.43. The van der Waals surface area contributed by atoms with Crippen molar-refractivity contribution in [1.29, 1.82) is 0 Å². The Kier molecular flexibility index (Phi) is 5.67. The number of ketones is 1. The molecular weight excluding hydrogens is 410 g/mol. The Labute approximate surface area is 167 Å². The Morgan fingerprint density at radius 2 is 2.00 bits per heavy atom. The van der Waals surface area contributed by atoms with Gasteiger partial charge in [0, 0.05) is 16.6 Å². The summed E-state index contributed by atoms with van der Waals surface area (Å²) in [4.78, 5) is 27.6. The van der Waals surface area contributed by atoms with E-state index < -0.39 is 11.5 Å². The van der Waals surface area contributed by atoms with Crippen molar-refractivity contribution in [2.45, 2.75) is 31.8 Å². The van der Waals surface area contributed by atoms with E-state index in [0.717, 1.165) is 17.3 Å². The molecule has 2 aromatic carbocycles. The van der Waals surface area contributed by atoms with Crippen LogP contribution in [0.2, 0.25) is 0 Å². The maximum Gasteiger partial charge on any atom is 0.264 e. The molecule has 2 aromatic rings. The van der Waals surface area contributed by atoms with E-state index >= 15 is 0 Å². The highest BCUT2D eigenvalue weighted by Gasteiger charge is 2.51. The van der Waals surface area contributed by atoms with E-state index in [0.29, 0.717) is 29.1 Å². The topological polar surface area (TPSA) is 66.8 Å². The Morgan fingerprint density at radius 3 is 2.70 bits per heavy atom. The van der Waals surface area contributed by atoms with E-state index in [1.807, 2.05) is 13.0 Å². The summed E-state index contributed by atoms with van der Waals surface area (Å²) in [6.45, 7) is 2.55. The molecule has 27 heavy (non-hydrogen) atoms. The molecular formula is C21H22BrNO4. The summed E-state index contributed by atoms with van der Waals surface area (Å²) in [5, 5.41) is 11.3. The molecule has 0 saturated carbocycles. The number of nitrogens with zero attached hydrogens (tertiary/aromatic N) is 1. The van der Waals surface area contributed by atoms with E-state index in [1.54, 1.807) is 41.3 Å². The van der Waals surface area contributed by atoms with Crippen molar-refractivity contribution in [3.05, 3.63) is 58.1 Å². The van der Waals surface area contributed by atoms with Gasteiger partial charge in [-0.3, -0.25) is 9.59 Å². The first-order valence-corrected chi connectivity index (χ1v) is 9.72. The van der Waals surface area contributed by atoms with Crippen LogP contribution in [0.25, 0.3) is 0 Å². The number of fused-ring (bicyclic) bond motifs is 1. The number of amides is 1. The van der Waals surface area contributed by atoms with Gasteiger partial charge in [-0.15, -0.1) is 0 Å². The smallest absolute Gasteiger partial charge is 0.264 e. The van der Waals surface area contributed by atoms with Gasteiger partial charge in [0.1, 0.15) is 5.75 Å². The van der Waals surface area contributed by atoms with Crippen LogP contribution < -0.4 is 9.64 Å². The van der Waals surface area contributed by atoms with Gasteiger partial charge in [0.2, 0.25) is 0 Å². The third kappa shape index (κ3) is 3.51. The first kappa shape index (κ1) is 19.6. The van der Waals surface area contributed by atoms with Crippen LogP contribution in [0.4, 0.5) is 5.69 Å². The van der Waals surface area contributed by atoms with E-state index in [4.69, 9.17) is 4.74 Å². The van der Waals surface area contributed by atoms with Crippen LogP contribution in [-0.4, -0.2) is 30.5 Å². The molecule has 0 saturated heterocycles. The summed E-state index contributed by atoms with van der Waals surface area (Å²) in [5.41, 5.74) is -0.414. The van der Waals surface area contributed by atoms with Crippen LogP contribution in [0.15, 0.2) is 46.9 Å². The number of unbranched alkanes of at least 4 members (excludes halogenated alkanes) is 1. The van der Waals surface area contributed by atoms with E-state index in [9.17, 15) is 14.7 Å². The molecule has 6 heteroatoms. The van der Waals surface area contributed by atoms with Gasteiger partial charge in [-0.05, 0) is 36.8 Å². The molecule has 1 atom stereocenters. The highest BCUT2D eigenvalue weighted by Crippen LogP contribution is 2.44. The number of hydrogen-bond donors (Lipinski definition) is 1. The fraction of sp³-hybridized carbons (Fsp3) is 0.333. The van der Waals surface area contributed by atoms with Crippen LogP contribution in [0.1, 0.15) is 42.1 Å². The third-order valence-electron chi connectivity index (χ3n) is 4.85. The number of aliphatic hydroxyl groups is 1. The minimum Gasteiger partial charge on any atom is -0.496 e. The summed E-state index contributed by atoms with van der Waals surface area (Å²) in [6.07, 6.45) is 1.41. The molecule has 0 bridgehead atoms. The largest absolute Gasteiger partial charge is 0.496 e. The number of rotatable bonds is 7. The van der Waals surface area contributed by atoms with Crippen LogP contribution in [0.3, 0.4) is 0 Å². The van der Waals surface area contributed by atoms with Crippen LogP contribution in [0, 0.1) is 0 Å². The molecule has 0 aromatic heterocycles. The minimum absolute atomic E-state index is 0.335. The standard InChI is InChI=1S/C21H22BrNO4/c1-3-4-11-23-17-10-9-14(22)12-16(17)21(26,20(23)25)13-18(24)15-7-5-6-8-19(15)27-2/h5-10,12,26H,3-4,11,13H2,1-2H3/t21-/m1/s1. The summed E-state index contributed by atoms with van der Waals surface area (Å²) < 4.78 is 5.99. The zero-order valence-electron chi connectivity index (χ0n) is 15.4. The molecule has 1 amide bonds. The normalized spacial score (nSPS) is 18.5. The van der Waals surface area contributed by atoms with Crippen LogP contribution >= 0.6 is 15.9 Å². The van der Waals surface area contributed by atoms with Gasteiger partial charge in [-0.1, -0.05) is 41.4 Å². The van der Waals surface area contributed by atoms with Gasteiger partial charge in [-0.2, -0.15) is 0 Å². The molecule has 0 spiro atoms. The SMILES string of the molecule is CCCCN1C(=O)[C@@](O)(CC(=O)c2ccccc2OC)c2cc(Br)ccc21. The van der Waals surface area contributed by atoms with Gasteiger partial charge < -0.3 is 14.7 Å². The average molecular weight is 432 g/mol. The monoisotopic (exact) mass is 431 g/mol. The second-order valence-corrected chi connectivity index (χ2v) is 7.55. The molecule has 3 rings (SSSR count). The number of halogens is 1. The van der Waals surface area contributed by atoms with Gasteiger partial charge in [0.15, 0.2) is 11.4 Å². The van der Waals surface area contributed by atoms with Crippen molar-refractivity contribution in [3.63, 3.8) is 0 Å². The zero-order valence-corrected chi connectivity index (χ0v) is 17.0. The number of Topliss-reactive ketones (excluding diaryl/α,β-unsaturated/α-hetero) is 1. The molecule has 0 fully saturated rings. The number of anilines is 1. The summed E-state index contributed by atoms with van der Waals surface area (Å²) >= 11 is 3.40. The molecule has 0 aliphatic carbocycles. The number of benzene rings is 2. The van der Waals surface area contributed by atoms with Crippen molar-refractivity contribution in [2.75, 3.05) is 18.6 Å². The molecule has 1 aliphatic rings. The molecule has 0 unspecified atom stereocenters. The van der Waals surface area contributed by atoms with Crippen molar-refractivity contribution >= 4 is 33.3 Å². The van der Waals surface area contributed by atoms with Gasteiger partial charge in [-0.25, -0.2) is 0 Å². The Bertz CT molecular complexity index is 882. The Hall–Kier alpha value is -2.18. The fourth-order valence-corrected chi connectivity index (χ4v) is 3.80. The number of carbonyl (C=O) groups is 2. The third-order valence-corrected chi connectivity index (χ3v) is 5.35. The highest BCUT2D eigenvalue weighted by molar-refractivity contribution is 9.10. The van der Waals surface area contributed by atoms with Gasteiger partial charge >= 0.3 is 0 Å². The summed E-state index contributed by atoms with van der Waals surface area (Å²) in [6, 6.07) is 12.2. The first-order valence-electron chi connectivity index (χ1n) is 8.93. The second-order valence-electron chi connectivity index (χ2n) is 6.63. The van der Waals surface area contributed by atoms with Gasteiger partial charge in [0.25, 0.3) is 5.91 Å². The van der Waals surface area contributed by atoms with Crippen molar-refractivity contribution < 1.29 is 19.4 Å². The maximum atomic E-state index is 13.1.